The van der Waals surface area contributed by atoms with Crippen LogP contribution in [0.5, 0.6) is 0 Å². The average Bonchev–Trinajstić information content (AvgIpc) is 2.93. The molecule has 0 aliphatic rings. The Bertz CT molecular complexity index is 740. The Hall–Kier alpha value is -2.56. The van der Waals surface area contributed by atoms with Crippen LogP contribution >= 0.6 is 0 Å². The summed E-state index contributed by atoms with van der Waals surface area (Å²) in [5.74, 6) is 0.530. The Morgan fingerprint density at radius 2 is 2.11 bits per heavy atom. The van der Waals surface area contributed by atoms with Gasteiger partial charge in [0.1, 0.15) is 17.1 Å². The van der Waals surface area contributed by atoms with E-state index in [-0.39, 0.29) is 5.56 Å². The molecule has 0 fully saturated rings. The highest BCUT2D eigenvalue weighted by Crippen LogP contribution is 2.21. The maximum atomic E-state index is 10.9. The lowest BCUT2D eigenvalue weighted by molar-refractivity contribution is 0.0696. The van der Waals surface area contributed by atoms with Crippen molar-refractivity contribution in [3.63, 3.8) is 0 Å². The largest absolute Gasteiger partial charge is 0.478 e. The molecule has 18 heavy (non-hydrogen) atoms. The molecule has 3 aromatic rings. The second-order valence-electron chi connectivity index (χ2n) is 4.02. The third kappa shape index (κ3) is 1.66. The SMILES string of the molecule is Cc1ccc(-c2cn3cc(C(=O)O)ccc3n2)o1. The van der Waals surface area contributed by atoms with E-state index >= 15 is 0 Å². The van der Waals surface area contributed by atoms with E-state index in [0.29, 0.717) is 17.1 Å². The van der Waals surface area contributed by atoms with E-state index in [0.717, 1.165) is 5.76 Å². The topological polar surface area (TPSA) is 67.7 Å². The third-order valence-corrected chi connectivity index (χ3v) is 2.69. The normalized spacial score (nSPS) is 10.9. The zero-order valence-corrected chi connectivity index (χ0v) is 9.62. The molecular weight excluding hydrogens is 232 g/mol. The summed E-state index contributed by atoms with van der Waals surface area (Å²) in [6.07, 6.45) is 3.28. The number of aromatic carboxylic acids is 1. The van der Waals surface area contributed by atoms with Crippen molar-refractivity contribution >= 4 is 11.6 Å². The number of furan rings is 1. The number of carboxylic acid groups (broad SMARTS) is 1. The van der Waals surface area contributed by atoms with Crippen LogP contribution in [0.4, 0.5) is 0 Å². The van der Waals surface area contributed by atoms with Gasteiger partial charge < -0.3 is 13.9 Å². The quantitative estimate of drug-likeness (QED) is 0.750. The minimum atomic E-state index is -0.957. The van der Waals surface area contributed by atoms with Crippen molar-refractivity contribution in [3.8, 4) is 11.5 Å². The molecule has 0 bridgehead atoms. The van der Waals surface area contributed by atoms with Crippen LogP contribution in [0.15, 0.2) is 41.1 Å². The lowest BCUT2D eigenvalue weighted by Gasteiger charge is -1.95. The number of nitrogens with zero attached hydrogens (tertiary/aromatic N) is 2. The number of fused-ring (bicyclic) bond motifs is 1. The molecular formula is C13H10N2O3. The van der Waals surface area contributed by atoms with E-state index in [1.54, 1.807) is 16.7 Å². The molecule has 0 amide bonds. The van der Waals surface area contributed by atoms with Crippen LogP contribution in [0.25, 0.3) is 17.1 Å². The maximum Gasteiger partial charge on any atom is 0.337 e. The molecule has 0 saturated carbocycles. The molecule has 1 N–H and O–H groups in total. The average molecular weight is 242 g/mol. The standard InChI is InChI=1S/C13H10N2O3/c1-8-2-4-11(18-8)10-7-15-6-9(13(16)17)3-5-12(15)14-10/h2-7H,1H3,(H,16,17). The molecule has 0 saturated heterocycles. The summed E-state index contributed by atoms with van der Waals surface area (Å²) in [5.41, 5.74) is 1.59. The molecule has 90 valence electrons. The summed E-state index contributed by atoms with van der Waals surface area (Å²) in [6, 6.07) is 6.90. The van der Waals surface area contributed by atoms with Gasteiger partial charge in [0, 0.05) is 12.4 Å². The van der Waals surface area contributed by atoms with Crippen molar-refractivity contribution in [1.29, 1.82) is 0 Å². The number of pyridine rings is 1. The zero-order valence-electron chi connectivity index (χ0n) is 9.62. The second-order valence-corrected chi connectivity index (χ2v) is 4.02. The molecule has 0 atom stereocenters. The second kappa shape index (κ2) is 3.73. The van der Waals surface area contributed by atoms with Crippen molar-refractivity contribution in [2.24, 2.45) is 0 Å². The highest BCUT2D eigenvalue weighted by Gasteiger charge is 2.09. The van der Waals surface area contributed by atoms with Crippen molar-refractivity contribution in [2.45, 2.75) is 6.92 Å². The van der Waals surface area contributed by atoms with E-state index in [9.17, 15) is 4.79 Å². The predicted molar refractivity (Wildman–Crippen MR) is 64.6 cm³/mol. The number of aromatic nitrogens is 2. The summed E-state index contributed by atoms with van der Waals surface area (Å²) in [5, 5.41) is 8.92. The first-order valence-corrected chi connectivity index (χ1v) is 5.42. The number of imidazole rings is 1. The van der Waals surface area contributed by atoms with Gasteiger partial charge in [-0.15, -0.1) is 0 Å². The van der Waals surface area contributed by atoms with Gasteiger partial charge >= 0.3 is 5.97 Å². The molecule has 3 heterocycles. The monoisotopic (exact) mass is 242 g/mol. The molecule has 0 spiro atoms. The van der Waals surface area contributed by atoms with Crippen LogP contribution in [-0.2, 0) is 0 Å². The Labute approximate surface area is 102 Å². The lowest BCUT2D eigenvalue weighted by Crippen LogP contribution is -1.97. The highest BCUT2D eigenvalue weighted by atomic mass is 16.4. The van der Waals surface area contributed by atoms with Gasteiger partial charge in [0.25, 0.3) is 0 Å². The third-order valence-electron chi connectivity index (χ3n) is 2.69. The van der Waals surface area contributed by atoms with Gasteiger partial charge in [-0.1, -0.05) is 0 Å². The molecule has 0 radical (unpaired) electrons. The van der Waals surface area contributed by atoms with Crippen molar-refractivity contribution in [1.82, 2.24) is 9.38 Å². The maximum absolute atomic E-state index is 10.9. The van der Waals surface area contributed by atoms with Crippen molar-refractivity contribution in [3.05, 3.63) is 48.0 Å². The molecule has 0 aliphatic heterocycles. The first-order chi connectivity index (χ1) is 8.63. The van der Waals surface area contributed by atoms with Crippen LogP contribution in [-0.4, -0.2) is 20.5 Å². The highest BCUT2D eigenvalue weighted by molar-refractivity contribution is 5.87. The fourth-order valence-corrected chi connectivity index (χ4v) is 1.81. The Morgan fingerprint density at radius 1 is 1.28 bits per heavy atom. The number of carbonyl (C=O) groups is 1. The zero-order chi connectivity index (χ0) is 12.7. The Kier molecular flexibility index (Phi) is 2.19. The van der Waals surface area contributed by atoms with Crippen LogP contribution < -0.4 is 0 Å². The van der Waals surface area contributed by atoms with E-state index < -0.39 is 5.97 Å². The first-order valence-electron chi connectivity index (χ1n) is 5.42. The Balaban J connectivity index is 2.13. The van der Waals surface area contributed by atoms with Gasteiger partial charge in [0.2, 0.25) is 0 Å². The van der Waals surface area contributed by atoms with Crippen LogP contribution in [0.1, 0.15) is 16.1 Å². The van der Waals surface area contributed by atoms with Crippen LogP contribution in [0, 0.1) is 6.92 Å². The van der Waals surface area contributed by atoms with Gasteiger partial charge in [-0.3, -0.25) is 0 Å². The van der Waals surface area contributed by atoms with E-state index in [1.165, 1.54) is 12.3 Å². The minimum absolute atomic E-state index is 0.224. The predicted octanol–water partition coefficient (Wildman–Crippen LogP) is 2.60. The Morgan fingerprint density at radius 3 is 2.78 bits per heavy atom. The van der Waals surface area contributed by atoms with Gasteiger partial charge in [-0.2, -0.15) is 0 Å². The molecule has 5 heteroatoms. The summed E-state index contributed by atoms with van der Waals surface area (Å²) in [4.78, 5) is 15.2. The van der Waals surface area contributed by atoms with Gasteiger partial charge in [-0.05, 0) is 31.2 Å². The molecule has 0 aliphatic carbocycles. The number of carboxylic acids is 1. The van der Waals surface area contributed by atoms with Gasteiger partial charge in [0.05, 0.1) is 5.56 Å². The fraction of sp³-hybridized carbons (Fsp3) is 0.0769. The molecule has 0 unspecified atom stereocenters. The summed E-state index contributed by atoms with van der Waals surface area (Å²) in [6.45, 7) is 1.86. The smallest absolute Gasteiger partial charge is 0.337 e. The van der Waals surface area contributed by atoms with Crippen molar-refractivity contribution in [2.75, 3.05) is 0 Å². The number of hydrogen-bond donors (Lipinski definition) is 1. The minimum Gasteiger partial charge on any atom is -0.478 e. The molecule has 5 nitrogen and oxygen atoms in total. The fourth-order valence-electron chi connectivity index (χ4n) is 1.81. The summed E-state index contributed by atoms with van der Waals surface area (Å²) >= 11 is 0. The van der Waals surface area contributed by atoms with Gasteiger partial charge in [0.15, 0.2) is 5.76 Å². The number of aryl methyl sites for hydroxylation is 1. The van der Waals surface area contributed by atoms with E-state index in [2.05, 4.69) is 4.98 Å². The van der Waals surface area contributed by atoms with Gasteiger partial charge in [-0.25, -0.2) is 9.78 Å². The van der Waals surface area contributed by atoms with E-state index in [1.807, 2.05) is 19.1 Å². The van der Waals surface area contributed by atoms with E-state index in [4.69, 9.17) is 9.52 Å². The van der Waals surface area contributed by atoms with Crippen LogP contribution in [0.2, 0.25) is 0 Å². The van der Waals surface area contributed by atoms with Crippen LogP contribution in [0.3, 0.4) is 0 Å². The number of rotatable bonds is 2. The number of hydrogen-bond acceptors (Lipinski definition) is 3. The molecule has 3 rings (SSSR count). The summed E-state index contributed by atoms with van der Waals surface area (Å²) < 4.78 is 7.16. The lowest BCUT2D eigenvalue weighted by atomic mass is 10.3. The molecule has 0 aromatic carbocycles. The summed E-state index contributed by atoms with van der Waals surface area (Å²) in [7, 11) is 0. The van der Waals surface area contributed by atoms with Crippen molar-refractivity contribution < 1.29 is 14.3 Å². The molecule has 3 aromatic heterocycles. The first kappa shape index (κ1) is 10.6.